The molecule has 140 valence electrons. The normalized spacial score (nSPS) is 12.3. The highest BCUT2D eigenvalue weighted by Crippen LogP contribution is 2.16. The van der Waals surface area contributed by atoms with Crippen LogP contribution in [0, 0.1) is 10.1 Å². The largest absolute Gasteiger partial charge is 0.396 e. The molecule has 0 saturated heterocycles. The van der Waals surface area contributed by atoms with Crippen molar-refractivity contribution >= 4 is 5.69 Å². The second-order valence-electron chi connectivity index (χ2n) is 6.33. The number of aliphatic hydroxyl groups is 2. The van der Waals surface area contributed by atoms with Crippen LogP contribution in [-0.4, -0.2) is 46.3 Å². The number of hydrogen-bond acceptors (Lipinski definition) is 5. The van der Waals surface area contributed by atoms with Crippen LogP contribution in [0.1, 0.15) is 30.1 Å². The zero-order valence-corrected chi connectivity index (χ0v) is 14.8. The van der Waals surface area contributed by atoms with Crippen LogP contribution in [0.15, 0.2) is 54.6 Å². The monoisotopic (exact) mass is 358 g/mol. The predicted molar refractivity (Wildman–Crippen MR) is 101 cm³/mol. The molecule has 0 bridgehead atoms. The molecule has 6 heteroatoms. The van der Waals surface area contributed by atoms with Crippen molar-refractivity contribution in [3.63, 3.8) is 0 Å². The van der Waals surface area contributed by atoms with E-state index in [2.05, 4.69) is 4.90 Å². The molecule has 0 amide bonds. The van der Waals surface area contributed by atoms with Gasteiger partial charge in [-0.3, -0.25) is 10.1 Å². The minimum absolute atomic E-state index is 0.0908. The standard InChI is InChI=1S/C20H26N2O4/c23-15-5-4-13-21(16-20(24)18-6-2-1-3-7-18)14-12-17-8-10-19(11-9-17)22(25)26/h1-3,6-11,20,23-24H,4-5,12-16H2/t20-/m0/s1. The lowest BCUT2D eigenvalue weighted by atomic mass is 10.1. The van der Waals surface area contributed by atoms with E-state index >= 15 is 0 Å². The molecule has 1 atom stereocenters. The van der Waals surface area contributed by atoms with Gasteiger partial charge in [-0.1, -0.05) is 42.5 Å². The Labute approximate surface area is 153 Å². The van der Waals surface area contributed by atoms with Crippen LogP contribution in [0.3, 0.4) is 0 Å². The molecule has 6 nitrogen and oxygen atoms in total. The van der Waals surface area contributed by atoms with Gasteiger partial charge < -0.3 is 15.1 Å². The topological polar surface area (TPSA) is 86.8 Å². The Kier molecular flexibility index (Phi) is 8.21. The van der Waals surface area contributed by atoms with Crippen molar-refractivity contribution in [1.29, 1.82) is 0 Å². The first-order valence-electron chi connectivity index (χ1n) is 8.89. The van der Waals surface area contributed by atoms with Gasteiger partial charge in [-0.05, 0) is 36.9 Å². The third kappa shape index (κ3) is 6.55. The Balaban J connectivity index is 1.94. The van der Waals surface area contributed by atoms with Gasteiger partial charge in [0.1, 0.15) is 0 Å². The molecule has 2 N–H and O–H groups in total. The summed E-state index contributed by atoms with van der Waals surface area (Å²) in [5.74, 6) is 0. The minimum atomic E-state index is -0.567. The smallest absolute Gasteiger partial charge is 0.269 e. The summed E-state index contributed by atoms with van der Waals surface area (Å²) in [6, 6.07) is 16.1. The lowest BCUT2D eigenvalue weighted by molar-refractivity contribution is -0.384. The fourth-order valence-electron chi connectivity index (χ4n) is 2.84. The quantitative estimate of drug-likeness (QED) is 0.366. The molecule has 0 aliphatic heterocycles. The van der Waals surface area contributed by atoms with Gasteiger partial charge in [0.15, 0.2) is 0 Å². The van der Waals surface area contributed by atoms with E-state index in [1.54, 1.807) is 12.1 Å². The molecule has 2 aromatic carbocycles. The Bertz CT molecular complexity index is 661. The second kappa shape index (κ2) is 10.7. The first kappa shape index (κ1) is 20.0. The lowest BCUT2D eigenvalue weighted by Crippen LogP contribution is -2.32. The molecule has 0 aromatic heterocycles. The number of rotatable bonds is 11. The van der Waals surface area contributed by atoms with E-state index < -0.39 is 11.0 Å². The predicted octanol–water partition coefficient (Wildman–Crippen LogP) is 2.95. The van der Waals surface area contributed by atoms with E-state index in [-0.39, 0.29) is 12.3 Å². The Hall–Kier alpha value is -2.28. The van der Waals surface area contributed by atoms with Gasteiger partial charge in [0, 0.05) is 31.8 Å². The highest BCUT2D eigenvalue weighted by Gasteiger charge is 2.14. The van der Waals surface area contributed by atoms with Gasteiger partial charge in [0.2, 0.25) is 0 Å². The Morgan fingerprint density at radius 3 is 2.31 bits per heavy atom. The van der Waals surface area contributed by atoms with Gasteiger partial charge >= 0.3 is 0 Å². The molecular weight excluding hydrogens is 332 g/mol. The van der Waals surface area contributed by atoms with Crippen LogP contribution in [0.5, 0.6) is 0 Å². The van der Waals surface area contributed by atoms with Crippen molar-refractivity contribution in [1.82, 2.24) is 4.90 Å². The van der Waals surface area contributed by atoms with Crippen molar-refractivity contribution in [2.24, 2.45) is 0 Å². The van der Waals surface area contributed by atoms with Crippen LogP contribution < -0.4 is 0 Å². The van der Waals surface area contributed by atoms with E-state index in [4.69, 9.17) is 5.11 Å². The summed E-state index contributed by atoms with van der Waals surface area (Å²) in [5, 5.41) is 30.2. The van der Waals surface area contributed by atoms with E-state index in [0.717, 1.165) is 43.5 Å². The summed E-state index contributed by atoms with van der Waals surface area (Å²) in [4.78, 5) is 12.5. The Morgan fingerprint density at radius 2 is 1.69 bits per heavy atom. The van der Waals surface area contributed by atoms with Crippen molar-refractivity contribution < 1.29 is 15.1 Å². The highest BCUT2D eigenvalue weighted by molar-refractivity contribution is 5.33. The first-order chi connectivity index (χ1) is 12.6. The molecule has 0 unspecified atom stereocenters. The molecule has 2 aromatic rings. The van der Waals surface area contributed by atoms with Gasteiger partial charge in [-0.15, -0.1) is 0 Å². The number of nitro benzene ring substituents is 1. The van der Waals surface area contributed by atoms with Crippen molar-refractivity contribution in [2.75, 3.05) is 26.2 Å². The van der Waals surface area contributed by atoms with Crippen LogP contribution in [0.2, 0.25) is 0 Å². The first-order valence-corrected chi connectivity index (χ1v) is 8.89. The zero-order chi connectivity index (χ0) is 18.8. The summed E-state index contributed by atoms with van der Waals surface area (Å²) in [5.41, 5.74) is 2.00. The van der Waals surface area contributed by atoms with Gasteiger partial charge in [-0.25, -0.2) is 0 Å². The molecule has 0 radical (unpaired) electrons. The molecule has 0 aliphatic rings. The molecule has 26 heavy (non-hydrogen) atoms. The zero-order valence-electron chi connectivity index (χ0n) is 14.8. The molecule has 0 spiro atoms. The molecule has 0 fully saturated rings. The van der Waals surface area contributed by atoms with Gasteiger partial charge in [0.05, 0.1) is 11.0 Å². The molecule has 0 aliphatic carbocycles. The maximum atomic E-state index is 10.7. The maximum absolute atomic E-state index is 10.7. The molecule has 2 rings (SSSR count). The van der Waals surface area contributed by atoms with E-state index in [1.165, 1.54) is 12.1 Å². The number of benzene rings is 2. The third-order valence-electron chi connectivity index (χ3n) is 4.36. The Morgan fingerprint density at radius 1 is 1.00 bits per heavy atom. The number of nitrogens with zero attached hydrogens (tertiary/aromatic N) is 2. The fourth-order valence-corrected chi connectivity index (χ4v) is 2.84. The van der Waals surface area contributed by atoms with E-state index in [9.17, 15) is 15.2 Å². The summed E-state index contributed by atoms with van der Waals surface area (Å²) in [6.07, 6.45) is 1.77. The number of nitro groups is 1. The van der Waals surface area contributed by atoms with E-state index in [0.29, 0.717) is 6.54 Å². The number of non-ortho nitro benzene ring substituents is 1. The van der Waals surface area contributed by atoms with Crippen molar-refractivity contribution in [3.8, 4) is 0 Å². The minimum Gasteiger partial charge on any atom is -0.396 e. The van der Waals surface area contributed by atoms with Crippen LogP contribution in [0.25, 0.3) is 0 Å². The van der Waals surface area contributed by atoms with Crippen LogP contribution in [0.4, 0.5) is 5.69 Å². The fraction of sp³-hybridized carbons (Fsp3) is 0.400. The lowest BCUT2D eigenvalue weighted by Gasteiger charge is -2.25. The highest BCUT2D eigenvalue weighted by atomic mass is 16.6. The average molecular weight is 358 g/mol. The number of aliphatic hydroxyl groups excluding tert-OH is 2. The van der Waals surface area contributed by atoms with Gasteiger partial charge in [-0.2, -0.15) is 0 Å². The number of hydrogen-bond donors (Lipinski definition) is 2. The summed E-state index contributed by atoms with van der Waals surface area (Å²) in [6.45, 7) is 2.21. The van der Waals surface area contributed by atoms with E-state index in [1.807, 2.05) is 30.3 Å². The summed E-state index contributed by atoms with van der Waals surface area (Å²) < 4.78 is 0. The summed E-state index contributed by atoms with van der Waals surface area (Å²) in [7, 11) is 0. The van der Waals surface area contributed by atoms with Crippen molar-refractivity contribution in [3.05, 3.63) is 75.8 Å². The number of unbranched alkanes of at least 4 members (excludes halogenated alkanes) is 1. The third-order valence-corrected chi connectivity index (χ3v) is 4.36. The average Bonchev–Trinajstić information content (AvgIpc) is 2.67. The summed E-state index contributed by atoms with van der Waals surface area (Å²) >= 11 is 0. The van der Waals surface area contributed by atoms with Crippen LogP contribution in [-0.2, 0) is 6.42 Å². The molecule has 0 saturated carbocycles. The van der Waals surface area contributed by atoms with Gasteiger partial charge in [0.25, 0.3) is 5.69 Å². The SMILES string of the molecule is O=[N+]([O-])c1ccc(CCN(CCCCO)C[C@H](O)c2ccccc2)cc1. The van der Waals surface area contributed by atoms with Crippen molar-refractivity contribution in [2.45, 2.75) is 25.4 Å². The maximum Gasteiger partial charge on any atom is 0.269 e. The molecule has 0 heterocycles. The molecular formula is C20H26N2O4. The van der Waals surface area contributed by atoms with Crippen LogP contribution >= 0.6 is 0 Å². The second-order valence-corrected chi connectivity index (χ2v) is 6.33.